The van der Waals surface area contributed by atoms with Crippen LogP contribution in [-0.4, -0.2) is 32.6 Å². The molecule has 0 bridgehead atoms. The first kappa shape index (κ1) is 21.9. The highest BCUT2D eigenvalue weighted by molar-refractivity contribution is 9.10. The maximum atomic E-state index is 13.6. The Morgan fingerprint density at radius 3 is 2.62 bits per heavy atom. The Morgan fingerprint density at radius 2 is 1.84 bits per heavy atom. The fourth-order valence-electron chi connectivity index (χ4n) is 2.90. The first-order chi connectivity index (χ1) is 15.6. The molecule has 0 aliphatic carbocycles. The molecule has 0 saturated heterocycles. The zero-order valence-corrected chi connectivity index (χ0v) is 19.1. The average molecular weight is 510 g/mol. The van der Waals surface area contributed by atoms with Gasteiger partial charge >= 0.3 is 0 Å². The first-order valence-electron chi connectivity index (χ1n) is 9.58. The molecule has 160 valence electrons. The summed E-state index contributed by atoms with van der Waals surface area (Å²) >= 11 is 4.73. The predicted molar refractivity (Wildman–Crippen MR) is 127 cm³/mol. The molecule has 0 saturated carbocycles. The lowest BCUT2D eigenvalue weighted by atomic mass is 10.2. The molecule has 4 rings (SSSR count). The minimum absolute atomic E-state index is 0.0675. The van der Waals surface area contributed by atoms with E-state index >= 15 is 0 Å². The Hall–Kier alpha value is -3.30. The number of rotatable bonds is 7. The Labute approximate surface area is 196 Å². The van der Waals surface area contributed by atoms with E-state index < -0.39 is 5.82 Å². The molecule has 0 aliphatic rings. The summed E-state index contributed by atoms with van der Waals surface area (Å²) in [5.41, 5.74) is 4.48. The molecule has 0 radical (unpaired) electrons. The van der Waals surface area contributed by atoms with Gasteiger partial charge in [0.1, 0.15) is 5.82 Å². The van der Waals surface area contributed by atoms with E-state index in [1.54, 1.807) is 18.2 Å². The van der Waals surface area contributed by atoms with Crippen molar-refractivity contribution in [2.24, 2.45) is 5.10 Å². The minimum atomic E-state index is -0.407. The van der Waals surface area contributed by atoms with Crippen molar-refractivity contribution >= 4 is 39.8 Å². The molecule has 3 aromatic carbocycles. The monoisotopic (exact) mass is 509 g/mol. The largest absolute Gasteiger partial charge is 0.272 e. The van der Waals surface area contributed by atoms with Crippen molar-refractivity contribution in [3.8, 4) is 17.1 Å². The van der Waals surface area contributed by atoms with Crippen LogP contribution in [0.4, 0.5) is 4.39 Å². The summed E-state index contributed by atoms with van der Waals surface area (Å²) in [6.45, 7) is 0. The molecule has 9 heteroatoms. The number of amides is 1. The SMILES string of the molecule is O=C(CSc1nnc(-c2cccc(Br)c2)n1-c1ccccc1)NN=Cc1ccccc1F. The summed E-state index contributed by atoms with van der Waals surface area (Å²) in [7, 11) is 0. The van der Waals surface area contributed by atoms with Crippen molar-refractivity contribution < 1.29 is 9.18 Å². The number of halogens is 2. The lowest BCUT2D eigenvalue weighted by Crippen LogP contribution is -2.20. The number of aromatic nitrogens is 3. The Balaban J connectivity index is 1.51. The van der Waals surface area contributed by atoms with Crippen LogP contribution in [-0.2, 0) is 4.79 Å². The van der Waals surface area contributed by atoms with E-state index in [1.165, 1.54) is 24.0 Å². The highest BCUT2D eigenvalue weighted by Crippen LogP contribution is 2.29. The molecule has 32 heavy (non-hydrogen) atoms. The van der Waals surface area contributed by atoms with Crippen LogP contribution in [0.5, 0.6) is 0 Å². The summed E-state index contributed by atoms with van der Waals surface area (Å²) in [4.78, 5) is 12.3. The van der Waals surface area contributed by atoms with E-state index in [1.807, 2.05) is 59.2 Å². The molecular weight excluding hydrogens is 493 g/mol. The van der Waals surface area contributed by atoms with E-state index in [0.717, 1.165) is 15.7 Å². The number of hydrogen-bond acceptors (Lipinski definition) is 5. The van der Waals surface area contributed by atoms with Crippen molar-refractivity contribution in [1.29, 1.82) is 0 Å². The lowest BCUT2D eigenvalue weighted by Gasteiger charge is -2.10. The van der Waals surface area contributed by atoms with Gasteiger partial charge in [-0.3, -0.25) is 9.36 Å². The molecule has 1 amide bonds. The molecule has 0 unspecified atom stereocenters. The van der Waals surface area contributed by atoms with E-state index in [4.69, 9.17) is 0 Å². The quantitative estimate of drug-likeness (QED) is 0.214. The van der Waals surface area contributed by atoms with Crippen LogP contribution in [0.3, 0.4) is 0 Å². The van der Waals surface area contributed by atoms with Crippen LogP contribution in [0, 0.1) is 5.82 Å². The van der Waals surface area contributed by atoms with Crippen molar-refractivity contribution in [2.45, 2.75) is 5.16 Å². The summed E-state index contributed by atoms with van der Waals surface area (Å²) in [6, 6.07) is 23.7. The van der Waals surface area contributed by atoms with E-state index in [0.29, 0.717) is 16.5 Å². The zero-order valence-electron chi connectivity index (χ0n) is 16.7. The van der Waals surface area contributed by atoms with Gasteiger partial charge in [0.25, 0.3) is 5.91 Å². The number of hydrogen-bond donors (Lipinski definition) is 1. The highest BCUT2D eigenvalue weighted by atomic mass is 79.9. The fraction of sp³-hybridized carbons (Fsp3) is 0.0435. The summed E-state index contributed by atoms with van der Waals surface area (Å²) in [5, 5.41) is 13.1. The van der Waals surface area contributed by atoms with E-state index in [9.17, 15) is 9.18 Å². The predicted octanol–water partition coefficient (Wildman–Crippen LogP) is 5.08. The van der Waals surface area contributed by atoms with E-state index in [2.05, 4.69) is 36.7 Å². The normalized spacial score (nSPS) is 11.1. The lowest BCUT2D eigenvalue weighted by molar-refractivity contribution is -0.118. The Kier molecular flexibility index (Phi) is 7.08. The second-order valence-electron chi connectivity index (χ2n) is 6.59. The van der Waals surface area contributed by atoms with Crippen molar-refractivity contribution in [1.82, 2.24) is 20.2 Å². The Bertz CT molecular complexity index is 1260. The number of carbonyl (C=O) groups excluding carboxylic acids is 1. The van der Waals surface area contributed by atoms with Gasteiger partial charge < -0.3 is 0 Å². The van der Waals surface area contributed by atoms with Gasteiger partial charge in [0.15, 0.2) is 11.0 Å². The molecule has 0 aliphatic heterocycles. The smallest absolute Gasteiger partial charge is 0.250 e. The number of hydrazone groups is 1. The molecule has 1 heterocycles. The topological polar surface area (TPSA) is 72.2 Å². The van der Waals surface area contributed by atoms with Crippen LogP contribution in [0.15, 0.2) is 93.6 Å². The Morgan fingerprint density at radius 1 is 1.06 bits per heavy atom. The van der Waals surface area contributed by atoms with Crippen molar-refractivity contribution in [3.63, 3.8) is 0 Å². The summed E-state index contributed by atoms with van der Waals surface area (Å²) < 4.78 is 16.5. The number of thioether (sulfide) groups is 1. The molecule has 0 fully saturated rings. The van der Waals surface area contributed by atoms with Crippen molar-refractivity contribution in [3.05, 3.63) is 94.7 Å². The van der Waals surface area contributed by atoms with Crippen LogP contribution in [0.1, 0.15) is 5.56 Å². The number of carbonyl (C=O) groups is 1. The van der Waals surface area contributed by atoms with Crippen LogP contribution < -0.4 is 5.43 Å². The number of nitrogens with zero attached hydrogens (tertiary/aromatic N) is 4. The van der Waals surface area contributed by atoms with Gasteiger partial charge in [-0.05, 0) is 30.3 Å². The second-order valence-corrected chi connectivity index (χ2v) is 8.45. The van der Waals surface area contributed by atoms with Gasteiger partial charge in [-0.1, -0.05) is 76.2 Å². The molecular formula is C23H17BrFN5OS. The van der Waals surface area contributed by atoms with Crippen molar-refractivity contribution in [2.75, 3.05) is 5.75 Å². The third-order valence-electron chi connectivity index (χ3n) is 4.36. The van der Waals surface area contributed by atoms with Gasteiger partial charge in [0.05, 0.1) is 12.0 Å². The molecule has 6 nitrogen and oxygen atoms in total. The van der Waals surface area contributed by atoms with Gasteiger partial charge in [0, 0.05) is 21.3 Å². The van der Waals surface area contributed by atoms with E-state index in [-0.39, 0.29) is 11.7 Å². The van der Waals surface area contributed by atoms with Gasteiger partial charge in [-0.25, -0.2) is 9.82 Å². The molecule has 1 N–H and O–H groups in total. The third-order valence-corrected chi connectivity index (χ3v) is 5.78. The molecule has 4 aromatic rings. The average Bonchev–Trinajstić information content (AvgIpc) is 3.24. The van der Waals surface area contributed by atoms with Gasteiger partial charge in [-0.15, -0.1) is 10.2 Å². The molecule has 1 aromatic heterocycles. The second kappa shape index (κ2) is 10.3. The van der Waals surface area contributed by atoms with Crippen LogP contribution in [0.2, 0.25) is 0 Å². The standard InChI is InChI=1S/C23H17BrFN5OS/c24-18-9-6-8-16(13-18)22-28-29-23(30(22)19-10-2-1-3-11-19)32-15-21(31)27-26-14-17-7-4-5-12-20(17)25/h1-14H,15H2,(H,27,31). The van der Waals surface area contributed by atoms with Gasteiger partial charge in [0.2, 0.25) is 0 Å². The number of benzene rings is 3. The zero-order chi connectivity index (χ0) is 22.3. The summed E-state index contributed by atoms with van der Waals surface area (Å²) in [6.07, 6.45) is 1.27. The minimum Gasteiger partial charge on any atom is -0.272 e. The molecule has 0 spiro atoms. The first-order valence-corrected chi connectivity index (χ1v) is 11.4. The maximum absolute atomic E-state index is 13.6. The van der Waals surface area contributed by atoms with Crippen LogP contribution >= 0.6 is 27.7 Å². The fourth-order valence-corrected chi connectivity index (χ4v) is 4.05. The maximum Gasteiger partial charge on any atom is 0.250 e. The number of para-hydroxylation sites is 1. The number of nitrogens with one attached hydrogen (secondary N) is 1. The van der Waals surface area contributed by atoms with Crippen LogP contribution in [0.25, 0.3) is 17.1 Å². The third kappa shape index (κ3) is 5.30. The highest BCUT2D eigenvalue weighted by Gasteiger charge is 2.17. The molecule has 0 atom stereocenters. The summed E-state index contributed by atoms with van der Waals surface area (Å²) in [5.74, 6) is -0.0129. The van der Waals surface area contributed by atoms with Gasteiger partial charge in [-0.2, -0.15) is 5.10 Å².